The highest BCUT2D eigenvalue weighted by Crippen LogP contribution is 2.28. The first-order valence-electron chi connectivity index (χ1n) is 6.53. The first kappa shape index (κ1) is 17.4. The SMILES string of the molecule is C=C/C=C/C(C)NC(N)NCc1ccc(C(F)(F)F)cc1. The van der Waals surface area contributed by atoms with Crippen LogP contribution in [0.1, 0.15) is 18.1 Å². The van der Waals surface area contributed by atoms with Gasteiger partial charge in [0.15, 0.2) is 0 Å². The third-order valence-electron chi connectivity index (χ3n) is 2.79. The highest BCUT2D eigenvalue weighted by Gasteiger charge is 2.29. The quantitative estimate of drug-likeness (QED) is 0.536. The number of hydrogen-bond acceptors (Lipinski definition) is 3. The van der Waals surface area contributed by atoms with Crippen LogP contribution in [0, 0.1) is 0 Å². The third kappa shape index (κ3) is 6.57. The average molecular weight is 299 g/mol. The van der Waals surface area contributed by atoms with Gasteiger partial charge in [-0.3, -0.25) is 10.6 Å². The topological polar surface area (TPSA) is 50.1 Å². The molecule has 1 aromatic rings. The van der Waals surface area contributed by atoms with Crippen molar-refractivity contribution in [2.45, 2.75) is 32.0 Å². The zero-order valence-electron chi connectivity index (χ0n) is 11.8. The largest absolute Gasteiger partial charge is 0.416 e. The maximum absolute atomic E-state index is 12.4. The maximum atomic E-state index is 12.4. The number of hydrogen-bond donors (Lipinski definition) is 3. The van der Waals surface area contributed by atoms with Crippen LogP contribution in [-0.2, 0) is 12.7 Å². The van der Waals surface area contributed by atoms with E-state index in [-0.39, 0.29) is 6.04 Å². The summed E-state index contributed by atoms with van der Waals surface area (Å²) in [5, 5.41) is 6.06. The number of nitrogens with two attached hydrogens (primary N) is 1. The van der Waals surface area contributed by atoms with E-state index in [1.54, 1.807) is 12.2 Å². The molecule has 2 unspecified atom stereocenters. The molecule has 0 spiro atoms. The molecule has 0 aliphatic heterocycles. The van der Waals surface area contributed by atoms with Gasteiger partial charge in [0.05, 0.1) is 5.56 Å². The zero-order chi connectivity index (χ0) is 15.9. The van der Waals surface area contributed by atoms with Crippen LogP contribution in [0.2, 0.25) is 0 Å². The summed E-state index contributed by atoms with van der Waals surface area (Å²) in [5.41, 5.74) is 5.91. The van der Waals surface area contributed by atoms with Gasteiger partial charge in [0.2, 0.25) is 0 Å². The van der Waals surface area contributed by atoms with Crippen molar-refractivity contribution in [2.24, 2.45) is 5.73 Å². The molecule has 2 atom stereocenters. The Balaban J connectivity index is 2.44. The molecule has 0 saturated carbocycles. The van der Waals surface area contributed by atoms with Gasteiger partial charge in [-0.25, -0.2) is 0 Å². The Morgan fingerprint density at radius 1 is 1.29 bits per heavy atom. The molecular formula is C15H20F3N3. The highest BCUT2D eigenvalue weighted by molar-refractivity contribution is 5.24. The van der Waals surface area contributed by atoms with Crippen LogP contribution < -0.4 is 16.4 Å². The molecule has 0 amide bonds. The van der Waals surface area contributed by atoms with Gasteiger partial charge in [0.25, 0.3) is 0 Å². The molecule has 0 aliphatic carbocycles. The lowest BCUT2D eigenvalue weighted by atomic mass is 10.1. The summed E-state index contributed by atoms with van der Waals surface area (Å²) in [7, 11) is 0. The van der Waals surface area contributed by atoms with Crippen molar-refractivity contribution >= 4 is 0 Å². The predicted molar refractivity (Wildman–Crippen MR) is 78.2 cm³/mol. The second-order valence-corrected chi connectivity index (χ2v) is 4.63. The molecule has 116 valence electrons. The summed E-state index contributed by atoms with van der Waals surface area (Å²) in [6, 6.07) is 5.04. The minimum atomic E-state index is -4.31. The Hall–Kier alpha value is -1.63. The van der Waals surface area contributed by atoms with Gasteiger partial charge in [-0.1, -0.05) is 36.9 Å². The number of nitrogens with one attached hydrogen (secondary N) is 2. The van der Waals surface area contributed by atoms with Crippen LogP contribution in [0.25, 0.3) is 0 Å². The van der Waals surface area contributed by atoms with E-state index in [2.05, 4.69) is 17.2 Å². The Bertz CT molecular complexity index is 466. The summed E-state index contributed by atoms with van der Waals surface area (Å²) in [6.07, 6.45) is 0.597. The molecule has 0 heterocycles. The van der Waals surface area contributed by atoms with Crippen molar-refractivity contribution in [1.82, 2.24) is 10.6 Å². The van der Waals surface area contributed by atoms with Crippen LogP contribution in [0.15, 0.2) is 49.1 Å². The molecule has 0 bridgehead atoms. The van der Waals surface area contributed by atoms with Crippen LogP contribution in [0.4, 0.5) is 13.2 Å². The summed E-state index contributed by atoms with van der Waals surface area (Å²) in [4.78, 5) is 0. The van der Waals surface area contributed by atoms with Gasteiger partial charge >= 0.3 is 6.18 Å². The Kier molecular flexibility index (Phi) is 6.61. The number of alkyl halides is 3. The summed E-state index contributed by atoms with van der Waals surface area (Å²) in [5.74, 6) is 0. The maximum Gasteiger partial charge on any atom is 0.416 e. The lowest BCUT2D eigenvalue weighted by Crippen LogP contribution is -2.51. The number of benzene rings is 1. The summed E-state index contributed by atoms with van der Waals surface area (Å²) >= 11 is 0. The fourth-order valence-electron chi connectivity index (χ4n) is 1.68. The molecule has 21 heavy (non-hydrogen) atoms. The molecule has 4 N–H and O–H groups in total. The van der Waals surface area contributed by atoms with Crippen LogP contribution in [0.5, 0.6) is 0 Å². The van der Waals surface area contributed by atoms with Gasteiger partial charge in [-0.2, -0.15) is 13.2 Å². The van der Waals surface area contributed by atoms with Gasteiger partial charge in [-0.05, 0) is 24.6 Å². The standard InChI is InChI=1S/C15H20F3N3/c1-3-4-5-11(2)21-14(19)20-10-12-6-8-13(9-7-12)15(16,17)18/h3-9,11,14,20-21H,1,10,19H2,2H3/b5-4+. The van der Waals surface area contributed by atoms with Crippen molar-refractivity contribution < 1.29 is 13.2 Å². The normalized spacial score (nSPS) is 15.1. The lowest BCUT2D eigenvalue weighted by molar-refractivity contribution is -0.137. The van der Waals surface area contributed by atoms with E-state index in [0.29, 0.717) is 6.54 Å². The van der Waals surface area contributed by atoms with Crippen molar-refractivity contribution in [1.29, 1.82) is 0 Å². The number of allylic oxidation sites excluding steroid dienone is 2. The minimum Gasteiger partial charge on any atom is -0.304 e. The number of halogens is 3. The van der Waals surface area contributed by atoms with Crippen LogP contribution in [0.3, 0.4) is 0 Å². The van der Waals surface area contributed by atoms with E-state index < -0.39 is 18.0 Å². The van der Waals surface area contributed by atoms with E-state index in [1.807, 2.05) is 13.0 Å². The van der Waals surface area contributed by atoms with E-state index in [1.165, 1.54) is 12.1 Å². The monoisotopic (exact) mass is 299 g/mol. The molecule has 1 rings (SSSR count). The Morgan fingerprint density at radius 3 is 2.43 bits per heavy atom. The van der Waals surface area contributed by atoms with Gasteiger partial charge < -0.3 is 5.73 Å². The second kappa shape index (κ2) is 7.97. The van der Waals surface area contributed by atoms with E-state index in [0.717, 1.165) is 17.7 Å². The molecule has 0 saturated heterocycles. The molecule has 0 radical (unpaired) electrons. The van der Waals surface area contributed by atoms with Crippen molar-refractivity contribution in [3.8, 4) is 0 Å². The molecular weight excluding hydrogens is 279 g/mol. The van der Waals surface area contributed by atoms with Crippen molar-refractivity contribution in [3.63, 3.8) is 0 Å². The van der Waals surface area contributed by atoms with E-state index >= 15 is 0 Å². The fraction of sp³-hybridized carbons (Fsp3) is 0.333. The molecule has 6 heteroatoms. The molecule has 0 aromatic heterocycles. The minimum absolute atomic E-state index is 0.0538. The Labute approximate surface area is 122 Å². The predicted octanol–water partition coefficient (Wildman–Crippen LogP) is 2.76. The highest BCUT2D eigenvalue weighted by atomic mass is 19.4. The molecule has 1 aromatic carbocycles. The Morgan fingerprint density at radius 2 is 1.90 bits per heavy atom. The van der Waals surface area contributed by atoms with Crippen LogP contribution >= 0.6 is 0 Å². The van der Waals surface area contributed by atoms with Gasteiger partial charge in [-0.15, -0.1) is 0 Å². The van der Waals surface area contributed by atoms with Gasteiger partial charge in [0, 0.05) is 12.6 Å². The second-order valence-electron chi connectivity index (χ2n) is 4.63. The zero-order valence-corrected chi connectivity index (χ0v) is 11.8. The molecule has 0 fully saturated rings. The fourth-order valence-corrected chi connectivity index (χ4v) is 1.68. The first-order chi connectivity index (χ1) is 9.82. The van der Waals surface area contributed by atoms with Crippen molar-refractivity contribution in [3.05, 3.63) is 60.2 Å². The first-order valence-corrected chi connectivity index (χ1v) is 6.53. The summed E-state index contributed by atoms with van der Waals surface area (Å²) in [6.45, 7) is 5.88. The van der Waals surface area contributed by atoms with Crippen molar-refractivity contribution in [2.75, 3.05) is 0 Å². The molecule has 0 aliphatic rings. The lowest BCUT2D eigenvalue weighted by Gasteiger charge is -2.19. The number of rotatable bonds is 7. The summed E-state index contributed by atoms with van der Waals surface area (Å²) < 4.78 is 37.3. The third-order valence-corrected chi connectivity index (χ3v) is 2.79. The van der Waals surface area contributed by atoms with Gasteiger partial charge in [0.1, 0.15) is 6.29 Å². The van der Waals surface area contributed by atoms with Crippen LogP contribution in [-0.4, -0.2) is 12.3 Å². The smallest absolute Gasteiger partial charge is 0.304 e. The van der Waals surface area contributed by atoms with E-state index in [4.69, 9.17) is 5.73 Å². The molecule has 3 nitrogen and oxygen atoms in total. The van der Waals surface area contributed by atoms with E-state index in [9.17, 15) is 13.2 Å². The average Bonchev–Trinajstić information content (AvgIpc) is 2.42.